The number of fused-ring (bicyclic) bond motifs is 1. The van der Waals surface area contributed by atoms with E-state index in [4.69, 9.17) is 0 Å². The molecule has 0 saturated heterocycles. The molecule has 2 aliphatic carbocycles. The Morgan fingerprint density at radius 2 is 1.32 bits per heavy atom. The molecule has 10 nitrogen and oxygen atoms in total. The van der Waals surface area contributed by atoms with Crippen LogP contribution in [0.4, 0.5) is 5.69 Å². The van der Waals surface area contributed by atoms with Gasteiger partial charge in [0.1, 0.15) is 11.7 Å². The Labute approximate surface area is 341 Å². The topological polar surface area (TPSA) is 138 Å². The van der Waals surface area contributed by atoms with Gasteiger partial charge in [0.2, 0.25) is 0 Å². The number of carbonyl (C=O) groups is 5. The second-order valence-electron chi connectivity index (χ2n) is 16.0. The first kappa shape index (κ1) is 38.0. The van der Waals surface area contributed by atoms with Gasteiger partial charge in [0.05, 0.1) is 16.6 Å². The van der Waals surface area contributed by atoms with Gasteiger partial charge in [0.25, 0.3) is 23.3 Å². The van der Waals surface area contributed by atoms with E-state index in [0.29, 0.717) is 24.3 Å². The van der Waals surface area contributed by atoms with Gasteiger partial charge in [-0.1, -0.05) is 75.9 Å². The average molecular weight is 785 g/mol. The zero-order valence-electron chi connectivity index (χ0n) is 33.2. The molecule has 59 heavy (non-hydrogen) atoms. The van der Waals surface area contributed by atoms with Crippen LogP contribution >= 0.6 is 0 Å². The fraction of sp³-hybridized carbons (Fsp3) is 0.286. The fourth-order valence-corrected chi connectivity index (χ4v) is 9.25. The Hall–Kier alpha value is -6.55. The molecule has 9 rings (SSSR count). The van der Waals surface area contributed by atoms with E-state index in [2.05, 4.69) is 29.9 Å². The molecule has 1 saturated carbocycles. The quantitative estimate of drug-likeness (QED) is 0.102. The van der Waals surface area contributed by atoms with Gasteiger partial charge in [0.15, 0.2) is 11.6 Å². The third-order valence-corrected chi connectivity index (χ3v) is 12.3. The van der Waals surface area contributed by atoms with Crippen molar-refractivity contribution in [1.29, 1.82) is 0 Å². The van der Waals surface area contributed by atoms with Crippen LogP contribution in [0.25, 0.3) is 32.8 Å². The van der Waals surface area contributed by atoms with E-state index in [-0.39, 0.29) is 61.6 Å². The number of aromatic amines is 1. The summed E-state index contributed by atoms with van der Waals surface area (Å²) in [6.45, 7) is 5.36. The second kappa shape index (κ2) is 15.3. The van der Waals surface area contributed by atoms with E-state index in [1.807, 2.05) is 47.4 Å². The first-order valence-electron chi connectivity index (χ1n) is 20.8. The van der Waals surface area contributed by atoms with Crippen molar-refractivity contribution in [2.75, 3.05) is 18.0 Å². The molecule has 3 aliphatic rings. The molecule has 296 valence electrons. The summed E-state index contributed by atoms with van der Waals surface area (Å²) in [6, 6.07) is 26.8. The lowest BCUT2D eigenvalue weighted by atomic mass is 9.76. The minimum atomic E-state index is -1.48. The van der Waals surface area contributed by atoms with E-state index in [1.165, 1.54) is 17.0 Å². The Balaban J connectivity index is 1.09. The Bertz CT molecular complexity index is 2720. The largest absolute Gasteiger partial charge is 0.339 e. The Morgan fingerprint density at radius 1 is 0.712 bits per heavy atom. The summed E-state index contributed by atoms with van der Waals surface area (Å²) < 4.78 is 0. The number of aromatic nitrogens is 2. The summed E-state index contributed by atoms with van der Waals surface area (Å²) in [4.78, 5) is 95.4. The van der Waals surface area contributed by atoms with Crippen LogP contribution in [0.15, 0.2) is 95.8 Å². The van der Waals surface area contributed by atoms with Gasteiger partial charge in [-0.15, -0.1) is 0 Å². The maximum atomic E-state index is 14.6. The predicted octanol–water partition coefficient (Wildman–Crippen LogP) is 9.41. The van der Waals surface area contributed by atoms with E-state index in [0.717, 1.165) is 68.1 Å². The highest BCUT2D eigenvalue weighted by Crippen LogP contribution is 2.45. The van der Waals surface area contributed by atoms with E-state index >= 15 is 0 Å². The number of rotatable bonds is 11. The van der Waals surface area contributed by atoms with Gasteiger partial charge < -0.3 is 9.88 Å². The highest BCUT2D eigenvalue weighted by atomic mass is 16.2. The molecule has 1 aliphatic heterocycles. The Morgan fingerprint density at radius 3 is 1.95 bits per heavy atom. The molecule has 5 aromatic carbocycles. The monoisotopic (exact) mass is 784 g/mol. The minimum Gasteiger partial charge on any atom is -0.339 e. The van der Waals surface area contributed by atoms with E-state index in [9.17, 15) is 28.8 Å². The fourth-order valence-electron chi connectivity index (χ4n) is 9.25. The van der Waals surface area contributed by atoms with Gasteiger partial charge >= 0.3 is 0 Å². The summed E-state index contributed by atoms with van der Waals surface area (Å²) in [7, 11) is 0. The first-order valence-corrected chi connectivity index (χ1v) is 20.8. The van der Waals surface area contributed by atoms with Crippen molar-refractivity contribution in [3.05, 3.63) is 141 Å². The number of hydrogen-bond donors (Lipinski definition) is 1. The minimum absolute atomic E-state index is 0.133. The molecule has 1 aromatic heterocycles. The van der Waals surface area contributed by atoms with Crippen molar-refractivity contribution in [1.82, 2.24) is 14.9 Å². The molecular weight excluding hydrogens is 741 g/mol. The van der Waals surface area contributed by atoms with Crippen LogP contribution in [0, 0.1) is 0 Å². The standard InChI is InChI=1S/C49H44N4O6/c1-3-5-24-52(25-6-4-2)47(57)31-16-18-32-38(27-31)50-45(51-46(32)56)42-43(54)33-19-21-35-41-36(22-20-34(40(33)41)44(42)55)49(59)53(48(35)58)39-23-17-30(28-12-8-7-9-13-28)26-37(39)29-14-10-11-15-29/h7-9,12-13,16-23,26-27,29,42H,3-6,10-11,14-15,24-25H2,1-2H3,(H,50,51,56). The van der Waals surface area contributed by atoms with Crippen LogP contribution in [-0.2, 0) is 0 Å². The molecule has 0 unspecified atom stereocenters. The summed E-state index contributed by atoms with van der Waals surface area (Å²) in [5.41, 5.74) is 4.34. The number of ketones is 2. The lowest BCUT2D eigenvalue weighted by Crippen LogP contribution is -2.42. The number of imide groups is 1. The van der Waals surface area contributed by atoms with Crippen molar-refractivity contribution in [3.8, 4) is 11.1 Å². The summed E-state index contributed by atoms with van der Waals surface area (Å²) in [5, 5.41) is 0.743. The molecule has 0 atom stereocenters. The van der Waals surface area contributed by atoms with Crippen LogP contribution in [-0.4, -0.2) is 57.2 Å². The van der Waals surface area contributed by atoms with Gasteiger partial charge in [-0.3, -0.25) is 28.8 Å². The van der Waals surface area contributed by atoms with Gasteiger partial charge in [0, 0.05) is 51.7 Å². The highest BCUT2D eigenvalue weighted by Gasteiger charge is 2.43. The maximum Gasteiger partial charge on any atom is 0.265 e. The molecule has 0 spiro atoms. The molecular formula is C49H44N4O6. The zero-order chi connectivity index (χ0) is 40.9. The summed E-state index contributed by atoms with van der Waals surface area (Å²) in [5.74, 6) is -3.84. The predicted molar refractivity (Wildman–Crippen MR) is 228 cm³/mol. The normalized spacial score (nSPS) is 15.5. The number of unbranched alkanes of at least 4 members (excludes halogenated alkanes) is 2. The lowest BCUT2D eigenvalue weighted by molar-refractivity contribution is 0.0749. The van der Waals surface area contributed by atoms with E-state index in [1.54, 1.807) is 30.3 Å². The number of nitrogens with one attached hydrogen (secondary N) is 1. The zero-order valence-corrected chi connectivity index (χ0v) is 33.2. The molecule has 10 heteroatoms. The molecule has 0 radical (unpaired) electrons. The van der Waals surface area contributed by atoms with Crippen molar-refractivity contribution in [2.24, 2.45) is 0 Å². The van der Waals surface area contributed by atoms with E-state index < -0.39 is 34.9 Å². The molecule has 1 fully saturated rings. The number of benzene rings is 5. The molecule has 0 bridgehead atoms. The summed E-state index contributed by atoms with van der Waals surface area (Å²) >= 11 is 0. The van der Waals surface area contributed by atoms with Crippen molar-refractivity contribution in [3.63, 3.8) is 0 Å². The average Bonchev–Trinajstić information content (AvgIpc) is 3.80. The van der Waals surface area contributed by atoms with Crippen LogP contribution < -0.4 is 10.5 Å². The van der Waals surface area contributed by atoms with Crippen molar-refractivity contribution >= 4 is 56.7 Å². The molecule has 6 aromatic rings. The number of carbonyl (C=O) groups excluding carboxylic acids is 5. The van der Waals surface area contributed by atoms with Gasteiger partial charge in [-0.25, -0.2) is 9.88 Å². The Kier molecular flexibility index (Phi) is 9.87. The maximum absolute atomic E-state index is 14.6. The van der Waals surface area contributed by atoms with Crippen LogP contribution in [0.1, 0.15) is 140 Å². The number of hydrogen-bond acceptors (Lipinski definition) is 7. The van der Waals surface area contributed by atoms with Gasteiger partial charge in [-0.2, -0.15) is 0 Å². The molecule has 3 amide bonds. The number of H-pyrrole nitrogens is 1. The number of Topliss-reactive ketones (excluding diaryl/α,β-unsaturated/α-hetero) is 2. The highest BCUT2D eigenvalue weighted by molar-refractivity contribution is 6.40. The molecule has 1 N–H and O–H groups in total. The summed E-state index contributed by atoms with van der Waals surface area (Å²) in [6.07, 6.45) is 7.65. The van der Waals surface area contributed by atoms with Crippen LogP contribution in [0.5, 0.6) is 0 Å². The smallest absolute Gasteiger partial charge is 0.265 e. The van der Waals surface area contributed by atoms with Crippen molar-refractivity contribution < 1.29 is 24.0 Å². The van der Waals surface area contributed by atoms with Crippen molar-refractivity contribution in [2.45, 2.75) is 77.0 Å². The number of anilines is 1. The third kappa shape index (κ3) is 6.38. The first-order chi connectivity index (χ1) is 28.7. The number of amides is 3. The lowest BCUT2D eigenvalue weighted by Gasteiger charge is -2.32. The van der Waals surface area contributed by atoms with Crippen LogP contribution in [0.3, 0.4) is 0 Å². The van der Waals surface area contributed by atoms with Gasteiger partial charge in [-0.05, 0) is 103 Å². The SMILES string of the molecule is CCCCN(CCCC)C(=O)c1ccc2c(=O)[nH]c(C3C(=O)c4ccc5c6c(ccc(c46)C3=O)C(=O)N(c3ccc(-c4ccccc4)cc3C3CCCC3)C5=O)nc2c1. The number of nitrogens with zero attached hydrogens (tertiary/aromatic N) is 3. The molecule has 2 heterocycles. The third-order valence-electron chi connectivity index (χ3n) is 12.3. The van der Waals surface area contributed by atoms with Crippen LogP contribution in [0.2, 0.25) is 0 Å². The second-order valence-corrected chi connectivity index (χ2v) is 16.0.